The smallest absolute Gasteiger partial charge is 0.377 e. The van der Waals surface area contributed by atoms with Crippen molar-refractivity contribution in [2.45, 2.75) is 26.2 Å². The lowest BCUT2D eigenvalue weighted by atomic mass is 10.2. The normalized spacial score (nSPS) is 10.8. The third kappa shape index (κ3) is 6.02. The van der Waals surface area contributed by atoms with E-state index in [0.29, 0.717) is 6.61 Å². The van der Waals surface area contributed by atoms with Gasteiger partial charge < -0.3 is 18.9 Å². The Kier molecular flexibility index (Phi) is 8.28. The van der Waals surface area contributed by atoms with Gasteiger partial charge in [-0.1, -0.05) is 31.9 Å². The molecule has 0 saturated carbocycles. The van der Waals surface area contributed by atoms with Gasteiger partial charge in [-0.25, -0.2) is 9.59 Å². The van der Waals surface area contributed by atoms with Gasteiger partial charge in [0, 0.05) is 0 Å². The van der Waals surface area contributed by atoms with E-state index < -0.39 is 11.9 Å². The molecule has 0 amide bonds. The Hall–Kier alpha value is -2.50. The maximum absolute atomic E-state index is 12.1. The van der Waals surface area contributed by atoms with E-state index in [-0.39, 0.29) is 17.1 Å². The monoisotopic (exact) mass is 322 g/mol. The molecule has 0 aliphatic heterocycles. The summed E-state index contributed by atoms with van der Waals surface area (Å²) in [5.41, 5.74) is 0.231. The molecule has 0 bridgehead atoms. The van der Waals surface area contributed by atoms with E-state index in [1.807, 2.05) is 0 Å². The third-order valence-corrected chi connectivity index (χ3v) is 2.92. The summed E-state index contributed by atoms with van der Waals surface area (Å²) in [5.74, 6) is -1.18. The lowest BCUT2D eigenvalue weighted by Gasteiger charge is -2.12. The van der Waals surface area contributed by atoms with Gasteiger partial charge in [-0.05, 0) is 18.6 Å². The molecule has 0 fully saturated rings. The van der Waals surface area contributed by atoms with Gasteiger partial charge in [0.2, 0.25) is 5.76 Å². The standard InChI is InChI=1S/C17H22O6/c1-4-5-8-11-22-16(18)13-9-6-7-10-14(13)23-15(12-20-2)17(19)21-3/h6-7,9-10,12H,4-5,8,11H2,1-3H3. The van der Waals surface area contributed by atoms with Crippen molar-refractivity contribution in [1.29, 1.82) is 0 Å². The number of esters is 2. The SMILES string of the molecule is CCCCCOC(=O)c1ccccc1OC(=COC)C(=O)OC. The molecule has 1 aromatic rings. The topological polar surface area (TPSA) is 71.1 Å². The average molecular weight is 322 g/mol. The largest absolute Gasteiger partial charge is 0.500 e. The number of hydrogen-bond donors (Lipinski definition) is 0. The number of benzene rings is 1. The van der Waals surface area contributed by atoms with Crippen LogP contribution in [0.5, 0.6) is 5.75 Å². The van der Waals surface area contributed by atoms with Crippen molar-refractivity contribution in [1.82, 2.24) is 0 Å². The molecule has 0 unspecified atom stereocenters. The molecule has 0 N–H and O–H groups in total. The van der Waals surface area contributed by atoms with E-state index in [2.05, 4.69) is 11.7 Å². The first kappa shape index (κ1) is 18.5. The van der Waals surface area contributed by atoms with Gasteiger partial charge in [-0.3, -0.25) is 0 Å². The number of carbonyl (C=O) groups excluding carboxylic acids is 2. The highest BCUT2D eigenvalue weighted by atomic mass is 16.6. The summed E-state index contributed by atoms with van der Waals surface area (Å²) in [7, 11) is 2.60. The molecule has 0 aliphatic rings. The van der Waals surface area contributed by atoms with Crippen LogP contribution in [0.1, 0.15) is 36.5 Å². The highest BCUT2D eigenvalue weighted by molar-refractivity contribution is 5.93. The maximum Gasteiger partial charge on any atom is 0.377 e. The van der Waals surface area contributed by atoms with Crippen LogP contribution in [0.4, 0.5) is 0 Å². The van der Waals surface area contributed by atoms with E-state index in [1.165, 1.54) is 14.2 Å². The van der Waals surface area contributed by atoms with Crippen molar-refractivity contribution in [3.63, 3.8) is 0 Å². The molecular weight excluding hydrogens is 300 g/mol. The Morgan fingerprint density at radius 3 is 2.52 bits per heavy atom. The second-order valence-corrected chi connectivity index (χ2v) is 4.65. The predicted molar refractivity (Wildman–Crippen MR) is 84.0 cm³/mol. The zero-order valence-corrected chi connectivity index (χ0v) is 13.7. The summed E-state index contributed by atoms with van der Waals surface area (Å²) in [6.07, 6.45) is 3.95. The zero-order chi connectivity index (χ0) is 17.1. The number of para-hydroxylation sites is 1. The first-order valence-electron chi connectivity index (χ1n) is 7.39. The highest BCUT2D eigenvalue weighted by Gasteiger charge is 2.19. The number of rotatable bonds is 9. The fourth-order valence-electron chi connectivity index (χ4n) is 1.76. The van der Waals surface area contributed by atoms with E-state index in [9.17, 15) is 9.59 Å². The third-order valence-electron chi connectivity index (χ3n) is 2.92. The first-order chi connectivity index (χ1) is 11.1. The van der Waals surface area contributed by atoms with E-state index in [1.54, 1.807) is 24.3 Å². The Labute approximate surface area is 136 Å². The number of methoxy groups -OCH3 is 2. The minimum Gasteiger partial charge on any atom is -0.500 e. The average Bonchev–Trinajstić information content (AvgIpc) is 2.58. The molecule has 126 valence electrons. The molecule has 0 atom stereocenters. The molecule has 0 radical (unpaired) electrons. The Morgan fingerprint density at radius 2 is 1.87 bits per heavy atom. The van der Waals surface area contributed by atoms with Crippen molar-refractivity contribution >= 4 is 11.9 Å². The van der Waals surface area contributed by atoms with Gasteiger partial charge >= 0.3 is 11.9 Å². The van der Waals surface area contributed by atoms with Crippen LogP contribution in [0.15, 0.2) is 36.3 Å². The lowest BCUT2D eigenvalue weighted by molar-refractivity contribution is -0.138. The van der Waals surface area contributed by atoms with E-state index in [4.69, 9.17) is 14.2 Å². The van der Waals surface area contributed by atoms with Crippen LogP contribution < -0.4 is 4.74 Å². The quantitative estimate of drug-likeness (QED) is 0.301. The molecular formula is C17H22O6. The summed E-state index contributed by atoms with van der Waals surface area (Å²) in [4.78, 5) is 23.8. The van der Waals surface area contributed by atoms with Gasteiger partial charge in [0.15, 0.2) is 0 Å². The van der Waals surface area contributed by atoms with Gasteiger partial charge in [0.25, 0.3) is 0 Å². The van der Waals surface area contributed by atoms with Crippen LogP contribution in [-0.4, -0.2) is 32.8 Å². The van der Waals surface area contributed by atoms with Crippen molar-refractivity contribution in [3.8, 4) is 5.75 Å². The second-order valence-electron chi connectivity index (χ2n) is 4.65. The molecule has 0 saturated heterocycles. The highest BCUT2D eigenvalue weighted by Crippen LogP contribution is 2.22. The summed E-state index contributed by atoms with van der Waals surface area (Å²) in [6, 6.07) is 6.51. The van der Waals surface area contributed by atoms with Gasteiger partial charge in [0.1, 0.15) is 17.6 Å². The Balaban J connectivity index is 2.85. The minimum atomic E-state index is -0.710. The lowest BCUT2D eigenvalue weighted by Crippen LogP contribution is -2.14. The van der Waals surface area contributed by atoms with Crippen LogP contribution in [-0.2, 0) is 19.0 Å². The van der Waals surface area contributed by atoms with Gasteiger partial charge in [-0.15, -0.1) is 0 Å². The van der Waals surface area contributed by atoms with Gasteiger partial charge in [-0.2, -0.15) is 0 Å². The van der Waals surface area contributed by atoms with Crippen LogP contribution in [0.3, 0.4) is 0 Å². The van der Waals surface area contributed by atoms with Gasteiger partial charge in [0.05, 0.1) is 20.8 Å². The molecule has 1 aromatic carbocycles. The summed E-state index contributed by atoms with van der Waals surface area (Å²) in [5, 5.41) is 0. The molecule has 6 heteroatoms. The fourth-order valence-corrected chi connectivity index (χ4v) is 1.76. The van der Waals surface area contributed by atoms with Crippen LogP contribution in [0.25, 0.3) is 0 Å². The molecule has 0 aliphatic carbocycles. The summed E-state index contributed by atoms with van der Waals surface area (Å²) in [6.45, 7) is 2.42. The first-order valence-corrected chi connectivity index (χ1v) is 7.39. The number of hydrogen-bond acceptors (Lipinski definition) is 6. The zero-order valence-electron chi connectivity index (χ0n) is 13.7. The fraction of sp³-hybridized carbons (Fsp3) is 0.412. The Morgan fingerprint density at radius 1 is 1.13 bits per heavy atom. The second kappa shape index (κ2) is 10.3. The van der Waals surface area contributed by atoms with Crippen LogP contribution >= 0.6 is 0 Å². The molecule has 23 heavy (non-hydrogen) atoms. The van der Waals surface area contributed by atoms with Crippen molar-refractivity contribution in [2.24, 2.45) is 0 Å². The van der Waals surface area contributed by atoms with Crippen molar-refractivity contribution in [3.05, 3.63) is 41.9 Å². The van der Waals surface area contributed by atoms with Crippen molar-refractivity contribution < 1.29 is 28.5 Å². The molecule has 0 heterocycles. The number of ether oxygens (including phenoxy) is 4. The predicted octanol–water partition coefficient (Wildman–Crippen LogP) is 3.07. The Bertz CT molecular complexity index is 550. The van der Waals surface area contributed by atoms with E-state index >= 15 is 0 Å². The number of carbonyl (C=O) groups is 2. The van der Waals surface area contributed by atoms with Crippen molar-refractivity contribution in [2.75, 3.05) is 20.8 Å². The summed E-state index contributed by atoms with van der Waals surface area (Å²) < 4.78 is 20.0. The minimum absolute atomic E-state index is 0.166. The molecule has 0 spiro atoms. The van der Waals surface area contributed by atoms with E-state index in [0.717, 1.165) is 25.5 Å². The molecule has 6 nitrogen and oxygen atoms in total. The molecule has 1 rings (SSSR count). The molecule has 0 aromatic heterocycles. The maximum atomic E-state index is 12.1. The van der Waals surface area contributed by atoms with Crippen LogP contribution in [0.2, 0.25) is 0 Å². The summed E-state index contributed by atoms with van der Waals surface area (Å²) >= 11 is 0. The van der Waals surface area contributed by atoms with Crippen LogP contribution in [0, 0.1) is 0 Å². The number of unbranched alkanes of at least 4 members (excludes halogenated alkanes) is 2.